The molecule has 18 heavy (non-hydrogen) atoms. The number of aromatic nitrogens is 1. The Hall–Kier alpha value is -1.34. The average molecular weight is 270 g/mol. The smallest absolute Gasteiger partial charge is 0.268 e. The predicted molar refractivity (Wildman–Crippen MR) is 72.0 cm³/mol. The van der Waals surface area contributed by atoms with Crippen molar-refractivity contribution in [1.82, 2.24) is 9.88 Å². The summed E-state index contributed by atoms with van der Waals surface area (Å²) in [5.74, 6) is 0.231. The van der Waals surface area contributed by atoms with Crippen molar-refractivity contribution in [2.24, 2.45) is 0 Å². The Labute approximate surface area is 110 Å². The first-order valence-electron chi connectivity index (χ1n) is 5.90. The van der Waals surface area contributed by atoms with Gasteiger partial charge < -0.3 is 20.7 Å². The zero-order chi connectivity index (χ0) is 13.3. The van der Waals surface area contributed by atoms with Crippen LogP contribution in [0.2, 0.25) is 0 Å². The van der Waals surface area contributed by atoms with E-state index < -0.39 is 0 Å². The van der Waals surface area contributed by atoms with Crippen LogP contribution in [0.15, 0.2) is 0 Å². The number of nitrogens with zero attached hydrogens (tertiary/aromatic N) is 2. The van der Waals surface area contributed by atoms with Crippen molar-refractivity contribution in [2.75, 3.05) is 31.2 Å². The molecule has 0 saturated carbocycles. The van der Waals surface area contributed by atoms with Gasteiger partial charge in [0, 0.05) is 20.1 Å². The molecule has 1 aromatic heterocycles. The largest absolute Gasteiger partial charge is 0.382 e. The third-order valence-corrected chi connectivity index (χ3v) is 3.84. The molecule has 7 heteroatoms. The number of amides is 1. The van der Waals surface area contributed by atoms with Crippen molar-refractivity contribution in [1.29, 1.82) is 0 Å². The zero-order valence-electron chi connectivity index (χ0n) is 10.8. The molecule has 1 aliphatic rings. The second-order valence-corrected chi connectivity index (χ2v) is 5.45. The summed E-state index contributed by atoms with van der Waals surface area (Å²) < 4.78 is 5.61. The van der Waals surface area contributed by atoms with Crippen LogP contribution in [-0.4, -0.2) is 48.1 Å². The molecule has 1 aromatic rings. The number of morpholine rings is 1. The van der Waals surface area contributed by atoms with Crippen LogP contribution in [0.5, 0.6) is 0 Å². The van der Waals surface area contributed by atoms with E-state index >= 15 is 0 Å². The minimum absolute atomic E-state index is 0.0515. The van der Waals surface area contributed by atoms with E-state index in [2.05, 4.69) is 10.3 Å². The topological polar surface area (TPSA) is 80.5 Å². The van der Waals surface area contributed by atoms with Crippen molar-refractivity contribution in [3.63, 3.8) is 0 Å². The van der Waals surface area contributed by atoms with Crippen molar-refractivity contribution < 1.29 is 9.53 Å². The Morgan fingerprint density at radius 3 is 2.61 bits per heavy atom. The number of ether oxygens (including phenoxy) is 1. The molecule has 6 nitrogen and oxygen atoms in total. The number of nitrogens with one attached hydrogen (secondary N) is 1. The predicted octanol–water partition coefficient (Wildman–Crippen LogP) is 1.02. The van der Waals surface area contributed by atoms with E-state index in [-0.39, 0.29) is 18.1 Å². The van der Waals surface area contributed by atoms with Gasteiger partial charge in [0.1, 0.15) is 10.7 Å². The summed E-state index contributed by atoms with van der Waals surface area (Å²) in [7, 11) is 1.76. The van der Waals surface area contributed by atoms with Gasteiger partial charge in [0.05, 0.1) is 12.2 Å². The molecule has 3 N–H and O–H groups in total. The van der Waals surface area contributed by atoms with Gasteiger partial charge >= 0.3 is 0 Å². The Balaban J connectivity index is 2.17. The van der Waals surface area contributed by atoms with E-state index in [1.165, 1.54) is 11.3 Å². The third-order valence-electron chi connectivity index (χ3n) is 2.77. The lowest BCUT2D eigenvalue weighted by molar-refractivity contribution is -0.0584. The van der Waals surface area contributed by atoms with Crippen LogP contribution in [0, 0.1) is 0 Å². The number of carbonyl (C=O) groups is 1. The molecule has 0 unspecified atom stereocenters. The average Bonchev–Trinajstić information content (AvgIpc) is 2.68. The monoisotopic (exact) mass is 270 g/mol. The summed E-state index contributed by atoms with van der Waals surface area (Å²) in [4.78, 5) is 18.7. The summed E-state index contributed by atoms with van der Waals surface area (Å²) in [6.07, 6.45) is 0.103. The molecular weight excluding hydrogens is 252 g/mol. The standard InChI is InChI=1S/C11H18N4O2S/c1-6-4-15(5-7(2)17-6)10(16)8-9(12)14-11(13-3)18-8/h6-7H,4-5,12H2,1-3H3,(H,13,14)/t6-,7+. The molecule has 1 amide bonds. The van der Waals surface area contributed by atoms with Crippen LogP contribution < -0.4 is 11.1 Å². The molecule has 2 rings (SSSR count). The minimum atomic E-state index is -0.0616. The van der Waals surface area contributed by atoms with E-state index in [1.807, 2.05) is 13.8 Å². The first kappa shape index (κ1) is 13.1. The van der Waals surface area contributed by atoms with Crippen molar-refractivity contribution >= 4 is 28.2 Å². The summed E-state index contributed by atoms with van der Waals surface area (Å²) in [5.41, 5.74) is 5.77. The molecular formula is C11H18N4O2S. The molecule has 0 aliphatic carbocycles. The Bertz CT molecular complexity index is 438. The molecule has 0 bridgehead atoms. The van der Waals surface area contributed by atoms with Gasteiger partial charge in [-0.25, -0.2) is 4.98 Å². The van der Waals surface area contributed by atoms with Gasteiger partial charge in [0.2, 0.25) is 0 Å². The summed E-state index contributed by atoms with van der Waals surface area (Å²) in [5, 5.41) is 3.55. The summed E-state index contributed by atoms with van der Waals surface area (Å²) >= 11 is 1.28. The molecule has 0 spiro atoms. The highest BCUT2D eigenvalue weighted by Crippen LogP contribution is 2.27. The maximum absolute atomic E-state index is 12.4. The Kier molecular flexibility index (Phi) is 3.72. The maximum Gasteiger partial charge on any atom is 0.268 e. The van der Waals surface area contributed by atoms with Gasteiger partial charge in [-0.15, -0.1) is 0 Å². The first-order chi connectivity index (χ1) is 8.51. The Morgan fingerprint density at radius 2 is 2.11 bits per heavy atom. The van der Waals surface area contributed by atoms with Gasteiger partial charge in [-0.3, -0.25) is 4.79 Å². The molecule has 0 radical (unpaired) electrons. The molecule has 2 heterocycles. The van der Waals surface area contributed by atoms with E-state index in [4.69, 9.17) is 10.5 Å². The number of hydrogen-bond donors (Lipinski definition) is 2. The number of rotatable bonds is 2. The normalized spacial score (nSPS) is 24.1. The van der Waals surface area contributed by atoms with Crippen molar-refractivity contribution in [2.45, 2.75) is 26.1 Å². The number of carbonyl (C=O) groups excluding carboxylic acids is 1. The van der Waals surface area contributed by atoms with Crippen LogP contribution in [0.25, 0.3) is 0 Å². The summed E-state index contributed by atoms with van der Waals surface area (Å²) in [6, 6.07) is 0. The van der Waals surface area contributed by atoms with Crippen LogP contribution in [-0.2, 0) is 4.74 Å². The van der Waals surface area contributed by atoms with Crippen LogP contribution in [0.3, 0.4) is 0 Å². The Morgan fingerprint density at radius 1 is 1.50 bits per heavy atom. The van der Waals surface area contributed by atoms with Gasteiger partial charge in [-0.2, -0.15) is 0 Å². The van der Waals surface area contributed by atoms with Crippen LogP contribution in [0.4, 0.5) is 10.9 Å². The van der Waals surface area contributed by atoms with Gasteiger partial charge in [0.15, 0.2) is 5.13 Å². The number of nitrogens with two attached hydrogens (primary N) is 1. The minimum Gasteiger partial charge on any atom is -0.382 e. The number of nitrogen functional groups attached to an aromatic ring is 1. The zero-order valence-corrected chi connectivity index (χ0v) is 11.6. The second kappa shape index (κ2) is 5.11. The molecule has 1 fully saturated rings. The highest BCUT2D eigenvalue weighted by Gasteiger charge is 2.29. The highest BCUT2D eigenvalue weighted by molar-refractivity contribution is 7.18. The van der Waals surface area contributed by atoms with Crippen molar-refractivity contribution in [3.05, 3.63) is 4.88 Å². The van der Waals surface area contributed by atoms with E-state index in [0.29, 0.717) is 28.9 Å². The lowest BCUT2D eigenvalue weighted by Gasteiger charge is -2.35. The van der Waals surface area contributed by atoms with E-state index in [1.54, 1.807) is 11.9 Å². The first-order valence-corrected chi connectivity index (χ1v) is 6.71. The fourth-order valence-corrected chi connectivity index (χ4v) is 2.89. The van der Waals surface area contributed by atoms with E-state index in [9.17, 15) is 4.79 Å². The van der Waals surface area contributed by atoms with Crippen molar-refractivity contribution in [3.8, 4) is 0 Å². The highest BCUT2D eigenvalue weighted by atomic mass is 32.1. The molecule has 1 saturated heterocycles. The SMILES string of the molecule is CNc1nc(N)c(C(=O)N2C[C@@H](C)O[C@@H](C)C2)s1. The van der Waals surface area contributed by atoms with Crippen LogP contribution in [0.1, 0.15) is 23.5 Å². The fourth-order valence-electron chi connectivity index (χ4n) is 2.08. The van der Waals surface area contributed by atoms with Gasteiger partial charge in [0.25, 0.3) is 5.91 Å². The van der Waals surface area contributed by atoms with Crippen LogP contribution >= 0.6 is 11.3 Å². The maximum atomic E-state index is 12.4. The number of anilines is 2. The molecule has 1 aliphatic heterocycles. The quantitative estimate of drug-likeness (QED) is 0.838. The van der Waals surface area contributed by atoms with Gasteiger partial charge in [-0.05, 0) is 13.8 Å². The lowest BCUT2D eigenvalue weighted by atomic mass is 10.2. The molecule has 2 atom stereocenters. The fraction of sp³-hybridized carbons (Fsp3) is 0.636. The third kappa shape index (κ3) is 2.56. The summed E-state index contributed by atoms with van der Waals surface area (Å²) in [6.45, 7) is 5.11. The molecule has 100 valence electrons. The molecule has 0 aromatic carbocycles. The van der Waals surface area contributed by atoms with Gasteiger partial charge in [-0.1, -0.05) is 11.3 Å². The number of hydrogen-bond acceptors (Lipinski definition) is 6. The second-order valence-electron chi connectivity index (χ2n) is 4.45. The van der Waals surface area contributed by atoms with E-state index in [0.717, 1.165) is 0 Å². The number of thiazole rings is 1. The lowest BCUT2D eigenvalue weighted by Crippen LogP contribution is -2.48.